The van der Waals surface area contributed by atoms with Gasteiger partial charge in [-0.2, -0.15) is 0 Å². The zero-order valence-electron chi connectivity index (χ0n) is 12.4. The lowest BCUT2D eigenvalue weighted by atomic mass is 10.1. The Morgan fingerprint density at radius 2 is 2.13 bits per heavy atom. The third-order valence-electron chi connectivity index (χ3n) is 2.99. The van der Waals surface area contributed by atoms with Crippen LogP contribution in [0.4, 0.5) is 5.95 Å². The summed E-state index contributed by atoms with van der Waals surface area (Å²) in [5, 5.41) is 6.97. The van der Waals surface area contributed by atoms with Gasteiger partial charge in [0.15, 0.2) is 0 Å². The molecule has 120 valence electrons. The molecule has 0 aliphatic rings. The summed E-state index contributed by atoms with van der Waals surface area (Å²) in [4.78, 5) is 20.1. The van der Waals surface area contributed by atoms with Crippen molar-refractivity contribution < 1.29 is 4.79 Å². The van der Waals surface area contributed by atoms with Crippen LogP contribution in [0.25, 0.3) is 0 Å². The molecule has 2 aromatic rings. The van der Waals surface area contributed by atoms with Gasteiger partial charge < -0.3 is 10.6 Å². The first kappa shape index (κ1) is 17.2. The molecule has 5 nitrogen and oxygen atoms in total. The minimum absolute atomic E-state index is 0.268. The molecule has 0 aliphatic heterocycles. The lowest BCUT2D eigenvalue weighted by Crippen LogP contribution is -2.24. The number of rotatable bonds is 7. The highest BCUT2D eigenvalue weighted by atomic mass is 35.5. The lowest BCUT2D eigenvalue weighted by Gasteiger charge is -2.08. The van der Waals surface area contributed by atoms with Crippen molar-refractivity contribution in [3.8, 4) is 0 Å². The van der Waals surface area contributed by atoms with Gasteiger partial charge >= 0.3 is 0 Å². The monoisotopic (exact) mass is 350 g/mol. The predicted molar refractivity (Wildman–Crippen MR) is 93.2 cm³/mol. The largest absolute Gasteiger partial charge is 0.354 e. The Labute approximate surface area is 144 Å². The van der Waals surface area contributed by atoms with Gasteiger partial charge in [0.2, 0.25) is 5.95 Å². The summed E-state index contributed by atoms with van der Waals surface area (Å²) in [7, 11) is 0. The highest BCUT2D eigenvalue weighted by Crippen LogP contribution is 2.21. The highest BCUT2D eigenvalue weighted by molar-refractivity contribution is 6.35. The van der Waals surface area contributed by atoms with Crippen molar-refractivity contribution in [1.29, 1.82) is 0 Å². The molecule has 0 aliphatic carbocycles. The molecule has 2 N–H and O–H groups in total. The van der Waals surface area contributed by atoms with Crippen LogP contribution in [0.2, 0.25) is 10.0 Å². The molecule has 1 amide bonds. The van der Waals surface area contributed by atoms with Gasteiger partial charge in [-0.15, -0.1) is 6.58 Å². The number of carbonyl (C=O) groups is 1. The fourth-order valence-electron chi connectivity index (χ4n) is 1.86. The molecule has 0 radical (unpaired) electrons. The number of carbonyl (C=O) groups excluding carboxylic acids is 1. The van der Waals surface area contributed by atoms with Crippen LogP contribution in [0.1, 0.15) is 16.1 Å². The maximum Gasteiger partial charge on any atom is 0.270 e. The standard InChI is InChI=1S/C16H16Cl2N4O/c1-2-7-19-15(23)14-6-9-21-16(22-14)20-8-5-11-3-4-12(17)10-13(11)18/h2-4,6,9-10H,1,5,7-8H2,(H,19,23)(H,20,21,22). The van der Waals surface area contributed by atoms with E-state index >= 15 is 0 Å². The molecular formula is C16H16Cl2N4O. The topological polar surface area (TPSA) is 66.9 Å². The van der Waals surface area contributed by atoms with Crippen LogP contribution < -0.4 is 10.6 Å². The summed E-state index contributed by atoms with van der Waals surface area (Å²) < 4.78 is 0. The van der Waals surface area contributed by atoms with E-state index < -0.39 is 0 Å². The molecule has 0 saturated carbocycles. The Bertz CT molecular complexity index is 706. The maximum atomic E-state index is 11.8. The van der Waals surface area contributed by atoms with E-state index in [2.05, 4.69) is 27.2 Å². The predicted octanol–water partition coefficient (Wildman–Crippen LogP) is 3.35. The van der Waals surface area contributed by atoms with Gasteiger partial charge in [0.05, 0.1) is 0 Å². The van der Waals surface area contributed by atoms with E-state index in [-0.39, 0.29) is 5.91 Å². The van der Waals surface area contributed by atoms with Gasteiger partial charge in [0.1, 0.15) is 5.69 Å². The van der Waals surface area contributed by atoms with Crippen molar-refractivity contribution in [3.63, 3.8) is 0 Å². The van der Waals surface area contributed by atoms with Gasteiger partial charge in [0, 0.05) is 29.3 Å². The Balaban J connectivity index is 1.93. The Morgan fingerprint density at radius 1 is 1.30 bits per heavy atom. The van der Waals surface area contributed by atoms with Crippen molar-refractivity contribution in [2.75, 3.05) is 18.4 Å². The number of anilines is 1. The van der Waals surface area contributed by atoms with E-state index in [9.17, 15) is 4.79 Å². The van der Waals surface area contributed by atoms with Crippen LogP contribution in [0.5, 0.6) is 0 Å². The summed E-state index contributed by atoms with van der Waals surface area (Å²) in [6, 6.07) is 6.94. The van der Waals surface area contributed by atoms with Crippen molar-refractivity contribution in [1.82, 2.24) is 15.3 Å². The molecule has 0 saturated heterocycles. The quantitative estimate of drug-likeness (QED) is 0.751. The summed E-state index contributed by atoms with van der Waals surface area (Å²) in [6.45, 7) is 4.52. The molecular weight excluding hydrogens is 335 g/mol. The smallest absolute Gasteiger partial charge is 0.270 e. The molecule has 0 unspecified atom stereocenters. The van der Waals surface area contributed by atoms with E-state index in [0.717, 1.165) is 5.56 Å². The minimum Gasteiger partial charge on any atom is -0.354 e. The number of nitrogens with one attached hydrogen (secondary N) is 2. The lowest BCUT2D eigenvalue weighted by molar-refractivity contribution is 0.0953. The summed E-state index contributed by atoms with van der Waals surface area (Å²) in [5.74, 6) is 0.123. The Morgan fingerprint density at radius 3 is 2.87 bits per heavy atom. The zero-order valence-corrected chi connectivity index (χ0v) is 13.9. The molecule has 0 bridgehead atoms. The molecule has 1 aromatic carbocycles. The van der Waals surface area contributed by atoms with Crippen LogP contribution in [-0.4, -0.2) is 29.0 Å². The van der Waals surface area contributed by atoms with Crippen molar-refractivity contribution in [2.24, 2.45) is 0 Å². The summed E-state index contributed by atoms with van der Waals surface area (Å²) >= 11 is 12.0. The Hall–Kier alpha value is -2.11. The number of halogens is 2. The number of aromatic nitrogens is 2. The van der Waals surface area contributed by atoms with E-state index in [4.69, 9.17) is 23.2 Å². The second kappa shape index (κ2) is 8.50. The van der Waals surface area contributed by atoms with E-state index in [1.807, 2.05) is 6.07 Å². The second-order valence-corrected chi connectivity index (χ2v) is 5.52. The first-order chi connectivity index (χ1) is 11.1. The first-order valence-electron chi connectivity index (χ1n) is 7.00. The van der Waals surface area contributed by atoms with Gasteiger partial charge in [-0.05, 0) is 30.2 Å². The molecule has 7 heteroatoms. The molecule has 0 spiro atoms. The highest BCUT2D eigenvalue weighted by Gasteiger charge is 2.07. The van der Waals surface area contributed by atoms with Crippen LogP contribution in [-0.2, 0) is 6.42 Å². The SMILES string of the molecule is C=CCNC(=O)c1ccnc(NCCc2ccc(Cl)cc2Cl)n1. The van der Waals surface area contributed by atoms with E-state index in [1.54, 1.807) is 24.3 Å². The molecule has 1 aromatic heterocycles. The number of amides is 1. The van der Waals surface area contributed by atoms with Crippen molar-refractivity contribution in [2.45, 2.75) is 6.42 Å². The summed E-state index contributed by atoms with van der Waals surface area (Å²) in [5.41, 5.74) is 1.28. The fourth-order valence-corrected chi connectivity index (χ4v) is 2.36. The summed E-state index contributed by atoms with van der Waals surface area (Å²) in [6.07, 6.45) is 3.83. The minimum atomic E-state index is -0.268. The maximum absolute atomic E-state index is 11.8. The number of benzene rings is 1. The van der Waals surface area contributed by atoms with Gasteiger partial charge in [-0.25, -0.2) is 9.97 Å². The first-order valence-corrected chi connectivity index (χ1v) is 7.75. The number of hydrogen-bond acceptors (Lipinski definition) is 4. The van der Waals surface area contributed by atoms with Crippen LogP contribution in [0.15, 0.2) is 43.1 Å². The average Bonchev–Trinajstić information content (AvgIpc) is 2.55. The molecule has 0 atom stereocenters. The van der Waals surface area contributed by atoms with Crippen LogP contribution in [0.3, 0.4) is 0 Å². The molecule has 23 heavy (non-hydrogen) atoms. The van der Waals surface area contributed by atoms with Crippen molar-refractivity contribution in [3.05, 3.63) is 64.4 Å². The van der Waals surface area contributed by atoms with Gasteiger partial charge in [-0.1, -0.05) is 35.3 Å². The fraction of sp³-hybridized carbons (Fsp3) is 0.188. The third kappa shape index (κ3) is 5.23. The van der Waals surface area contributed by atoms with Crippen molar-refractivity contribution >= 4 is 35.1 Å². The van der Waals surface area contributed by atoms with E-state index in [0.29, 0.717) is 41.2 Å². The third-order valence-corrected chi connectivity index (χ3v) is 3.57. The van der Waals surface area contributed by atoms with E-state index in [1.165, 1.54) is 6.20 Å². The number of nitrogens with zero attached hydrogens (tertiary/aromatic N) is 2. The molecule has 2 rings (SSSR count). The second-order valence-electron chi connectivity index (χ2n) is 4.68. The van der Waals surface area contributed by atoms with Crippen LogP contribution in [0, 0.1) is 0 Å². The van der Waals surface area contributed by atoms with Gasteiger partial charge in [-0.3, -0.25) is 4.79 Å². The molecule has 1 heterocycles. The number of hydrogen-bond donors (Lipinski definition) is 2. The normalized spacial score (nSPS) is 10.2. The average molecular weight is 351 g/mol. The van der Waals surface area contributed by atoms with Crippen LogP contribution >= 0.6 is 23.2 Å². The molecule has 0 fully saturated rings. The van der Waals surface area contributed by atoms with Gasteiger partial charge in [0.25, 0.3) is 5.91 Å². The Kier molecular flexibility index (Phi) is 6.38. The zero-order chi connectivity index (χ0) is 16.7.